The van der Waals surface area contributed by atoms with Crippen molar-refractivity contribution < 1.29 is 9.53 Å². The van der Waals surface area contributed by atoms with Gasteiger partial charge in [0.1, 0.15) is 5.75 Å². The summed E-state index contributed by atoms with van der Waals surface area (Å²) in [4.78, 5) is 15.6. The van der Waals surface area contributed by atoms with Crippen LogP contribution in [-0.2, 0) is 19.4 Å². The minimum Gasteiger partial charge on any atom is -0.493 e. The first-order valence-corrected chi connectivity index (χ1v) is 10.8. The van der Waals surface area contributed by atoms with Crippen LogP contribution in [0.25, 0.3) is 0 Å². The fourth-order valence-electron chi connectivity index (χ4n) is 4.06. The van der Waals surface area contributed by atoms with Crippen LogP contribution in [0, 0.1) is 6.92 Å². The maximum atomic E-state index is 13.6. The van der Waals surface area contributed by atoms with Crippen LogP contribution >= 0.6 is 0 Å². The average molecular weight is 400 g/mol. The first-order valence-electron chi connectivity index (χ1n) is 10.8. The Bertz CT molecular complexity index is 1010. The highest BCUT2D eigenvalue weighted by Gasteiger charge is 2.24. The number of benzene rings is 3. The molecule has 1 heterocycles. The van der Waals surface area contributed by atoms with Crippen molar-refractivity contribution in [2.75, 3.05) is 6.61 Å². The molecular weight excluding hydrogens is 370 g/mol. The molecule has 0 aliphatic carbocycles. The lowest BCUT2D eigenvalue weighted by Crippen LogP contribution is -2.38. The number of aryl methyl sites for hydroxylation is 2. The highest BCUT2D eigenvalue weighted by Crippen LogP contribution is 2.27. The van der Waals surface area contributed by atoms with Crippen molar-refractivity contribution in [3.63, 3.8) is 0 Å². The van der Waals surface area contributed by atoms with E-state index in [1.54, 1.807) is 0 Å². The number of carbonyl (C=O) groups is 1. The first kappa shape index (κ1) is 20.2. The average Bonchev–Trinajstić information content (AvgIpc) is 3.25. The molecule has 0 N–H and O–H groups in total. The predicted octanol–water partition coefficient (Wildman–Crippen LogP) is 5.59. The van der Waals surface area contributed by atoms with Crippen LogP contribution < -0.4 is 4.74 Å². The van der Waals surface area contributed by atoms with Crippen molar-refractivity contribution in [1.29, 1.82) is 0 Å². The second kappa shape index (κ2) is 9.17. The number of carbonyl (C=O) groups excluding carboxylic acids is 1. The van der Waals surface area contributed by atoms with E-state index < -0.39 is 0 Å². The van der Waals surface area contributed by atoms with E-state index in [9.17, 15) is 4.79 Å². The first-order chi connectivity index (χ1) is 14.6. The Morgan fingerprint density at radius 2 is 1.80 bits per heavy atom. The number of rotatable bonds is 7. The van der Waals surface area contributed by atoms with Gasteiger partial charge in [-0.15, -0.1) is 0 Å². The smallest absolute Gasteiger partial charge is 0.254 e. The van der Waals surface area contributed by atoms with Gasteiger partial charge in [0, 0.05) is 24.6 Å². The molecule has 0 aromatic heterocycles. The molecule has 0 saturated carbocycles. The standard InChI is InChI=1S/C27H29NO2/c1-20-8-6-7-11-25(20)19-28(21(2)12-13-22-9-4-3-5-10-22)27(29)24-14-15-26-23(18-24)16-17-30-26/h3-11,14-15,18,21H,12-13,16-17,19H2,1-2H3/t21-/m0/s1. The topological polar surface area (TPSA) is 29.5 Å². The highest BCUT2D eigenvalue weighted by atomic mass is 16.5. The minimum atomic E-state index is 0.0912. The van der Waals surface area contributed by atoms with Crippen LogP contribution in [0.3, 0.4) is 0 Å². The van der Waals surface area contributed by atoms with E-state index in [4.69, 9.17) is 4.74 Å². The van der Waals surface area contributed by atoms with Gasteiger partial charge in [0.2, 0.25) is 0 Å². The van der Waals surface area contributed by atoms with Gasteiger partial charge >= 0.3 is 0 Å². The van der Waals surface area contributed by atoms with Gasteiger partial charge in [-0.25, -0.2) is 0 Å². The summed E-state index contributed by atoms with van der Waals surface area (Å²) in [6, 6.07) is 24.8. The molecule has 154 valence electrons. The lowest BCUT2D eigenvalue weighted by molar-refractivity contribution is 0.0667. The zero-order valence-corrected chi connectivity index (χ0v) is 17.8. The van der Waals surface area contributed by atoms with Crippen molar-refractivity contribution in [2.24, 2.45) is 0 Å². The van der Waals surface area contributed by atoms with Crippen molar-refractivity contribution in [1.82, 2.24) is 4.90 Å². The van der Waals surface area contributed by atoms with Gasteiger partial charge in [-0.2, -0.15) is 0 Å². The fraction of sp³-hybridized carbons (Fsp3) is 0.296. The van der Waals surface area contributed by atoms with Gasteiger partial charge < -0.3 is 9.64 Å². The lowest BCUT2D eigenvalue weighted by atomic mass is 10.0. The number of nitrogens with zero attached hydrogens (tertiary/aromatic N) is 1. The molecule has 0 spiro atoms. The summed E-state index contributed by atoms with van der Waals surface area (Å²) in [6.07, 6.45) is 2.76. The summed E-state index contributed by atoms with van der Waals surface area (Å²) in [5.41, 5.74) is 5.60. The summed E-state index contributed by atoms with van der Waals surface area (Å²) in [5, 5.41) is 0. The minimum absolute atomic E-state index is 0.0912. The Morgan fingerprint density at radius 1 is 1.03 bits per heavy atom. The predicted molar refractivity (Wildman–Crippen MR) is 121 cm³/mol. The molecule has 1 aliphatic heterocycles. The molecule has 3 nitrogen and oxygen atoms in total. The van der Waals surface area contributed by atoms with Crippen LogP contribution in [-0.4, -0.2) is 23.5 Å². The van der Waals surface area contributed by atoms with E-state index in [1.165, 1.54) is 16.7 Å². The molecule has 0 saturated heterocycles. The fourth-order valence-corrected chi connectivity index (χ4v) is 4.06. The zero-order valence-electron chi connectivity index (χ0n) is 17.8. The number of hydrogen-bond donors (Lipinski definition) is 0. The SMILES string of the molecule is Cc1ccccc1CN(C(=O)c1ccc2c(c1)CCO2)[C@@H](C)CCc1ccccc1. The second-order valence-corrected chi connectivity index (χ2v) is 8.15. The molecule has 0 fully saturated rings. The third-order valence-corrected chi connectivity index (χ3v) is 6.02. The monoisotopic (exact) mass is 399 g/mol. The molecule has 1 atom stereocenters. The van der Waals surface area contributed by atoms with Crippen LogP contribution in [0.2, 0.25) is 0 Å². The van der Waals surface area contributed by atoms with Gasteiger partial charge in [0.15, 0.2) is 0 Å². The van der Waals surface area contributed by atoms with Crippen molar-refractivity contribution in [2.45, 2.75) is 45.7 Å². The number of ether oxygens (including phenoxy) is 1. The molecule has 1 amide bonds. The zero-order chi connectivity index (χ0) is 20.9. The maximum absolute atomic E-state index is 13.6. The second-order valence-electron chi connectivity index (χ2n) is 8.15. The molecule has 4 rings (SSSR count). The van der Waals surface area contributed by atoms with Gasteiger partial charge in [-0.05, 0) is 67.1 Å². The molecule has 3 aromatic carbocycles. The highest BCUT2D eigenvalue weighted by molar-refractivity contribution is 5.95. The molecule has 0 radical (unpaired) electrons. The summed E-state index contributed by atoms with van der Waals surface area (Å²) in [5.74, 6) is 1.00. The Kier molecular flexibility index (Phi) is 6.18. The third kappa shape index (κ3) is 4.56. The lowest BCUT2D eigenvalue weighted by Gasteiger charge is -2.30. The van der Waals surface area contributed by atoms with Gasteiger partial charge in [-0.1, -0.05) is 54.6 Å². The van der Waals surface area contributed by atoms with Gasteiger partial charge in [0.05, 0.1) is 6.61 Å². The van der Waals surface area contributed by atoms with Crippen LogP contribution in [0.4, 0.5) is 0 Å². The summed E-state index contributed by atoms with van der Waals surface area (Å²) in [7, 11) is 0. The van der Waals surface area contributed by atoms with Crippen LogP contribution in [0.1, 0.15) is 46.0 Å². The van der Waals surface area contributed by atoms with Crippen molar-refractivity contribution in [3.8, 4) is 5.75 Å². The van der Waals surface area contributed by atoms with Crippen molar-refractivity contribution in [3.05, 3.63) is 101 Å². The van der Waals surface area contributed by atoms with E-state index in [1.807, 2.05) is 41.3 Å². The molecule has 0 bridgehead atoms. The van der Waals surface area contributed by atoms with E-state index in [0.29, 0.717) is 13.2 Å². The van der Waals surface area contributed by atoms with E-state index in [2.05, 4.69) is 50.2 Å². The normalized spacial score (nSPS) is 13.4. The molecule has 3 aromatic rings. The Hall–Kier alpha value is -3.07. The Labute approximate surface area is 179 Å². The van der Waals surface area contributed by atoms with E-state index in [-0.39, 0.29) is 11.9 Å². The van der Waals surface area contributed by atoms with Crippen LogP contribution in [0.15, 0.2) is 72.8 Å². The molecule has 3 heteroatoms. The molecular formula is C27H29NO2. The van der Waals surface area contributed by atoms with Gasteiger partial charge in [-0.3, -0.25) is 4.79 Å². The van der Waals surface area contributed by atoms with Crippen LogP contribution in [0.5, 0.6) is 5.75 Å². The van der Waals surface area contributed by atoms with E-state index >= 15 is 0 Å². The molecule has 30 heavy (non-hydrogen) atoms. The Balaban J connectivity index is 1.57. The quantitative estimate of drug-likeness (QED) is 0.518. The Morgan fingerprint density at radius 3 is 2.60 bits per heavy atom. The number of hydrogen-bond acceptors (Lipinski definition) is 2. The summed E-state index contributed by atoms with van der Waals surface area (Å²) < 4.78 is 5.62. The maximum Gasteiger partial charge on any atom is 0.254 e. The van der Waals surface area contributed by atoms with Gasteiger partial charge in [0.25, 0.3) is 5.91 Å². The largest absolute Gasteiger partial charge is 0.493 e. The summed E-state index contributed by atoms with van der Waals surface area (Å²) >= 11 is 0. The number of amides is 1. The molecule has 0 unspecified atom stereocenters. The van der Waals surface area contributed by atoms with Crippen molar-refractivity contribution >= 4 is 5.91 Å². The third-order valence-electron chi connectivity index (χ3n) is 6.02. The van der Waals surface area contributed by atoms with E-state index in [0.717, 1.165) is 36.1 Å². The summed E-state index contributed by atoms with van der Waals surface area (Å²) in [6.45, 7) is 5.59. The molecule has 1 aliphatic rings. The number of fused-ring (bicyclic) bond motifs is 1.